The molecule has 0 radical (unpaired) electrons. The minimum absolute atomic E-state index is 0.00984. The first-order valence-corrected chi connectivity index (χ1v) is 10.4. The zero-order valence-electron chi connectivity index (χ0n) is 17.5. The van der Waals surface area contributed by atoms with E-state index >= 15 is 0 Å². The van der Waals surface area contributed by atoms with Gasteiger partial charge in [-0.3, -0.25) is 14.4 Å². The van der Waals surface area contributed by atoms with Crippen molar-refractivity contribution in [3.8, 4) is 0 Å². The summed E-state index contributed by atoms with van der Waals surface area (Å²) in [6, 6.07) is 2.17. The minimum Gasteiger partial charge on any atom is -0.340 e. The van der Waals surface area contributed by atoms with Crippen molar-refractivity contribution in [2.24, 2.45) is 0 Å². The van der Waals surface area contributed by atoms with Crippen LogP contribution in [0.3, 0.4) is 0 Å². The first-order chi connectivity index (χ1) is 15.7. The van der Waals surface area contributed by atoms with E-state index in [9.17, 15) is 23.2 Å². The quantitative estimate of drug-likeness (QED) is 0.415. The molecule has 0 spiro atoms. The highest BCUT2D eigenvalue weighted by atomic mass is 35.5. The Morgan fingerprint density at radius 1 is 1.24 bits per heavy atom. The van der Waals surface area contributed by atoms with E-state index in [4.69, 9.17) is 16.1 Å². The summed E-state index contributed by atoms with van der Waals surface area (Å²) < 4.78 is 33.2. The van der Waals surface area contributed by atoms with E-state index in [2.05, 4.69) is 20.8 Å². The molecule has 1 aliphatic heterocycles. The molecule has 3 aromatic rings. The highest BCUT2D eigenvalue weighted by Gasteiger charge is 2.35. The molecule has 12 heteroatoms. The number of aromatic nitrogens is 3. The Balaban J connectivity index is 1.60. The summed E-state index contributed by atoms with van der Waals surface area (Å²) in [6.45, 7) is 3.58. The van der Waals surface area contributed by atoms with Gasteiger partial charge in [0.1, 0.15) is 11.7 Å². The number of anilines is 1. The molecule has 3 heterocycles. The lowest BCUT2D eigenvalue weighted by atomic mass is 10.1. The van der Waals surface area contributed by atoms with Crippen LogP contribution in [0.1, 0.15) is 57.6 Å². The number of ketones is 1. The number of Topliss-reactive ketones (excluding diaryl/α,β-unsaturated/α-hetero) is 1. The standard InChI is InChI=1S/C21H18ClF2N5O4/c1-9(21-26-10(2)28-33-21)25-20(32)18(30)17-16(22)15(14-4-3-7-29(14)17)19(31)27-11-5-6-12(23)13(24)8-11/h5-6,8-9H,3-4,7H2,1-2H3,(H,25,32)(H,27,31)/t9-/m0/s1. The second-order valence-corrected chi connectivity index (χ2v) is 7.90. The molecule has 0 aliphatic carbocycles. The van der Waals surface area contributed by atoms with Crippen LogP contribution in [0.15, 0.2) is 22.7 Å². The van der Waals surface area contributed by atoms with Crippen molar-refractivity contribution in [1.82, 2.24) is 20.0 Å². The molecule has 0 saturated carbocycles. The number of halogens is 3. The lowest BCUT2D eigenvalue weighted by Crippen LogP contribution is -2.34. The van der Waals surface area contributed by atoms with Crippen molar-refractivity contribution >= 4 is 34.9 Å². The third-order valence-corrected chi connectivity index (χ3v) is 5.56. The Morgan fingerprint density at radius 2 is 2.00 bits per heavy atom. The summed E-state index contributed by atoms with van der Waals surface area (Å²) in [5, 5.41) is 8.38. The van der Waals surface area contributed by atoms with E-state index in [1.54, 1.807) is 13.8 Å². The molecule has 172 valence electrons. The lowest BCUT2D eigenvalue weighted by molar-refractivity contribution is -0.117. The van der Waals surface area contributed by atoms with Crippen molar-refractivity contribution in [1.29, 1.82) is 0 Å². The molecular formula is C21H18ClF2N5O4. The fourth-order valence-electron chi connectivity index (χ4n) is 3.69. The van der Waals surface area contributed by atoms with Crippen molar-refractivity contribution < 1.29 is 27.7 Å². The largest absolute Gasteiger partial charge is 0.340 e. The number of fused-ring (bicyclic) bond motifs is 1. The summed E-state index contributed by atoms with van der Waals surface area (Å²) in [5.74, 6) is -4.27. The average molecular weight is 478 g/mol. The molecule has 1 aliphatic rings. The van der Waals surface area contributed by atoms with Gasteiger partial charge in [0, 0.05) is 24.0 Å². The molecule has 0 unspecified atom stereocenters. The van der Waals surface area contributed by atoms with Gasteiger partial charge in [-0.1, -0.05) is 16.8 Å². The number of amides is 2. The molecular weight excluding hydrogens is 460 g/mol. The number of rotatable bonds is 6. The smallest absolute Gasteiger partial charge is 0.294 e. The van der Waals surface area contributed by atoms with Crippen LogP contribution in [0.25, 0.3) is 0 Å². The molecule has 2 aromatic heterocycles. The SMILES string of the molecule is Cc1noc([C@H](C)NC(=O)C(=O)c2c(Cl)c(C(=O)Nc3ccc(F)c(F)c3)c3n2CCC3)n1. The van der Waals surface area contributed by atoms with Crippen molar-refractivity contribution in [3.63, 3.8) is 0 Å². The van der Waals surface area contributed by atoms with Crippen molar-refractivity contribution in [2.45, 2.75) is 39.3 Å². The number of carbonyl (C=O) groups is 3. The normalized spacial score (nSPS) is 13.5. The minimum atomic E-state index is -1.13. The lowest BCUT2D eigenvalue weighted by Gasteiger charge is -2.10. The van der Waals surface area contributed by atoms with Gasteiger partial charge in [-0.15, -0.1) is 0 Å². The van der Waals surface area contributed by atoms with E-state index in [-0.39, 0.29) is 27.9 Å². The Bertz CT molecular complexity index is 1290. The van der Waals surface area contributed by atoms with Gasteiger partial charge in [-0.25, -0.2) is 8.78 Å². The molecule has 2 N–H and O–H groups in total. The highest BCUT2D eigenvalue weighted by Crippen LogP contribution is 2.34. The van der Waals surface area contributed by atoms with Gasteiger partial charge in [0.15, 0.2) is 17.5 Å². The van der Waals surface area contributed by atoms with E-state index in [1.165, 1.54) is 10.6 Å². The van der Waals surface area contributed by atoms with E-state index < -0.39 is 35.3 Å². The molecule has 1 atom stereocenters. The van der Waals surface area contributed by atoms with E-state index in [0.717, 1.165) is 12.1 Å². The van der Waals surface area contributed by atoms with Crippen LogP contribution in [-0.4, -0.2) is 32.3 Å². The number of hydrogen-bond acceptors (Lipinski definition) is 6. The van der Waals surface area contributed by atoms with Gasteiger partial charge in [0.05, 0.1) is 10.6 Å². The Hall–Kier alpha value is -3.60. The van der Waals surface area contributed by atoms with Crippen LogP contribution in [0.5, 0.6) is 0 Å². The van der Waals surface area contributed by atoms with Crippen LogP contribution in [0.2, 0.25) is 5.02 Å². The zero-order chi connectivity index (χ0) is 23.9. The second-order valence-electron chi connectivity index (χ2n) is 7.53. The summed E-state index contributed by atoms with van der Waals surface area (Å²) >= 11 is 6.40. The molecule has 0 saturated heterocycles. The number of nitrogens with zero attached hydrogens (tertiary/aromatic N) is 3. The molecule has 33 heavy (non-hydrogen) atoms. The number of hydrogen-bond donors (Lipinski definition) is 2. The zero-order valence-corrected chi connectivity index (χ0v) is 18.3. The highest BCUT2D eigenvalue weighted by molar-refractivity contribution is 6.48. The first-order valence-electron chi connectivity index (χ1n) is 10.00. The Morgan fingerprint density at radius 3 is 2.67 bits per heavy atom. The summed E-state index contributed by atoms with van der Waals surface area (Å²) in [7, 11) is 0. The third kappa shape index (κ3) is 4.23. The summed E-state index contributed by atoms with van der Waals surface area (Å²) in [5.41, 5.74) is 0.389. The maximum atomic E-state index is 13.5. The van der Waals surface area contributed by atoms with Gasteiger partial charge in [-0.05, 0) is 38.8 Å². The Kier molecular flexibility index (Phi) is 5.98. The number of nitrogens with one attached hydrogen (secondary N) is 2. The molecule has 4 rings (SSSR count). The molecule has 0 fully saturated rings. The van der Waals surface area contributed by atoms with Gasteiger partial charge in [0.2, 0.25) is 5.89 Å². The molecule has 1 aromatic carbocycles. The fraction of sp³-hybridized carbons (Fsp3) is 0.286. The number of carbonyl (C=O) groups excluding carboxylic acids is 3. The first kappa shape index (κ1) is 22.6. The summed E-state index contributed by atoms with van der Waals surface area (Å²) in [4.78, 5) is 42.5. The third-order valence-electron chi connectivity index (χ3n) is 5.19. The second kappa shape index (κ2) is 8.74. The summed E-state index contributed by atoms with van der Waals surface area (Å²) in [6.07, 6.45) is 1.09. The average Bonchev–Trinajstić information content (AvgIpc) is 3.46. The molecule has 0 bridgehead atoms. The van der Waals surface area contributed by atoms with Crippen molar-refractivity contribution in [2.75, 3.05) is 5.32 Å². The number of aryl methyl sites for hydroxylation is 1. The fourth-order valence-corrected chi connectivity index (χ4v) is 4.07. The van der Waals surface area contributed by atoms with E-state index in [1.807, 2.05) is 0 Å². The van der Waals surface area contributed by atoms with E-state index in [0.29, 0.717) is 30.9 Å². The maximum Gasteiger partial charge on any atom is 0.294 e. The maximum absolute atomic E-state index is 13.5. The van der Waals surface area contributed by atoms with Gasteiger partial charge in [0.25, 0.3) is 17.6 Å². The predicted octanol–water partition coefficient (Wildman–Crippen LogP) is 3.37. The predicted molar refractivity (Wildman–Crippen MR) is 112 cm³/mol. The van der Waals surface area contributed by atoms with Gasteiger partial charge in [-0.2, -0.15) is 4.98 Å². The van der Waals surface area contributed by atoms with Gasteiger partial charge >= 0.3 is 0 Å². The van der Waals surface area contributed by atoms with Crippen LogP contribution in [0, 0.1) is 18.6 Å². The van der Waals surface area contributed by atoms with Crippen LogP contribution >= 0.6 is 11.6 Å². The Labute approximate surface area is 191 Å². The van der Waals surface area contributed by atoms with Crippen LogP contribution < -0.4 is 10.6 Å². The monoisotopic (exact) mass is 477 g/mol. The molecule has 9 nitrogen and oxygen atoms in total. The van der Waals surface area contributed by atoms with Crippen LogP contribution in [0.4, 0.5) is 14.5 Å². The van der Waals surface area contributed by atoms with Crippen LogP contribution in [-0.2, 0) is 17.8 Å². The van der Waals surface area contributed by atoms with Gasteiger partial charge < -0.3 is 19.7 Å². The number of benzene rings is 1. The van der Waals surface area contributed by atoms with Crippen molar-refractivity contribution in [3.05, 3.63) is 63.5 Å². The molecule has 2 amide bonds. The topological polar surface area (TPSA) is 119 Å².